The number of benzene rings is 2. The van der Waals surface area contributed by atoms with Crippen LogP contribution in [0.25, 0.3) is 11.1 Å². The van der Waals surface area contributed by atoms with E-state index in [0.717, 1.165) is 27.1 Å². The van der Waals surface area contributed by atoms with Crippen molar-refractivity contribution in [3.63, 3.8) is 0 Å². The second-order valence-corrected chi connectivity index (χ2v) is 8.98. The van der Waals surface area contributed by atoms with E-state index in [-0.39, 0.29) is 19.1 Å². The Morgan fingerprint density at radius 3 is 2.35 bits per heavy atom. The molecule has 1 aromatic heterocycles. The number of ether oxygens (including phenoxy) is 3. The number of methoxy groups -OCH3 is 2. The monoisotopic (exact) mass is 483 g/mol. The molecule has 7 nitrogen and oxygen atoms in total. The molecule has 0 aliphatic rings. The number of nitrogens with two attached hydrogens (primary N) is 1. The second kappa shape index (κ2) is 11.7. The van der Waals surface area contributed by atoms with E-state index in [9.17, 15) is 9.59 Å². The highest BCUT2D eigenvalue weighted by molar-refractivity contribution is 7.17. The molecular formula is C26H31N2O5S+. The molecule has 0 atom stereocenters. The van der Waals surface area contributed by atoms with Crippen LogP contribution in [0.2, 0.25) is 0 Å². The van der Waals surface area contributed by atoms with E-state index in [1.54, 1.807) is 21.1 Å². The Morgan fingerprint density at radius 2 is 1.71 bits per heavy atom. The lowest BCUT2D eigenvalue weighted by Gasteiger charge is -2.10. The lowest BCUT2D eigenvalue weighted by atomic mass is 10.0. The quantitative estimate of drug-likeness (QED) is 0.427. The molecule has 34 heavy (non-hydrogen) atoms. The Hall–Kier alpha value is -3.36. The van der Waals surface area contributed by atoms with Crippen LogP contribution in [0, 0.1) is 13.8 Å². The first kappa shape index (κ1) is 25.3. The Bertz CT molecular complexity index is 1150. The van der Waals surface area contributed by atoms with Crippen molar-refractivity contribution in [2.45, 2.75) is 27.3 Å². The highest BCUT2D eigenvalue weighted by atomic mass is 32.1. The van der Waals surface area contributed by atoms with Crippen LogP contribution in [0.3, 0.4) is 0 Å². The Kier molecular flexibility index (Phi) is 8.67. The molecule has 0 radical (unpaired) electrons. The molecule has 0 fully saturated rings. The fourth-order valence-electron chi connectivity index (χ4n) is 3.65. The highest BCUT2D eigenvalue weighted by Crippen LogP contribution is 2.40. The number of hydrogen-bond acceptors (Lipinski definition) is 6. The largest absolute Gasteiger partial charge is 0.493 e. The third kappa shape index (κ3) is 5.95. The number of amides is 1. The van der Waals surface area contributed by atoms with Crippen LogP contribution in [0.4, 0.5) is 5.00 Å². The molecule has 2 aromatic carbocycles. The van der Waals surface area contributed by atoms with Crippen molar-refractivity contribution in [2.75, 3.05) is 32.7 Å². The third-order valence-electron chi connectivity index (χ3n) is 5.31. The summed E-state index contributed by atoms with van der Waals surface area (Å²) in [7, 11) is 3.18. The van der Waals surface area contributed by atoms with Gasteiger partial charge in [-0.2, -0.15) is 0 Å². The fraction of sp³-hybridized carbons (Fsp3) is 0.308. The number of anilines is 1. The van der Waals surface area contributed by atoms with Gasteiger partial charge in [-0.25, -0.2) is 4.79 Å². The molecule has 8 heteroatoms. The predicted octanol–water partition coefficient (Wildman–Crippen LogP) is 3.93. The average molecular weight is 484 g/mol. The molecule has 1 heterocycles. The summed E-state index contributed by atoms with van der Waals surface area (Å²) in [5.74, 6) is 0.678. The van der Waals surface area contributed by atoms with Crippen molar-refractivity contribution in [3.05, 3.63) is 64.0 Å². The number of aryl methyl sites for hydroxylation is 2. The van der Waals surface area contributed by atoms with Crippen molar-refractivity contribution in [3.8, 4) is 22.6 Å². The number of esters is 1. The van der Waals surface area contributed by atoms with Gasteiger partial charge in [-0.1, -0.05) is 29.8 Å². The topological polar surface area (TPSA) is 90.5 Å². The number of nitrogens with one attached hydrogen (secondary N) is 1. The highest BCUT2D eigenvalue weighted by Gasteiger charge is 2.25. The lowest BCUT2D eigenvalue weighted by molar-refractivity contribution is -0.659. The van der Waals surface area contributed by atoms with E-state index in [0.29, 0.717) is 28.6 Å². The summed E-state index contributed by atoms with van der Waals surface area (Å²) in [5, 5.41) is 5.32. The molecule has 0 saturated carbocycles. The number of hydrogen-bond donors (Lipinski definition) is 2. The average Bonchev–Trinajstić information content (AvgIpc) is 3.14. The van der Waals surface area contributed by atoms with Gasteiger partial charge in [0.15, 0.2) is 18.0 Å². The van der Waals surface area contributed by atoms with Gasteiger partial charge in [-0.15, -0.1) is 11.3 Å². The first-order valence-electron chi connectivity index (χ1n) is 11.1. The van der Waals surface area contributed by atoms with Gasteiger partial charge in [-0.3, -0.25) is 4.79 Å². The van der Waals surface area contributed by atoms with Crippen molar-refractivity contribution in [2.24, 2.45) is 0 Å². The standard InChI is InChI=1S/C26H30N2O5S/c1-6-33-26(30)24-23(19-10-7-16(2)8-11-19)17(3)34-25(24)28-22(29)15-27-14-18-9-12-20(31-4)21(13-18)32-5/h7-13,27H,6,14-15H2,1-5H3,(H,28,29)/p+1. The van der Waals surface area contributed by atoms with E-state index < -0.39 is 5.97 Å². The summed E-state index contributed by atoms with van der Waals surface area (Å²) in [4.78, 5) is 26.5. The number of quaternary nitrogens is 1. The maximum Gasteiger partial charge on any atom is 0.341 e. The summed E-state index contributed by atoms with van der Waals surface area (Å²) < 4.78 is 15.9. The zero-order chi connectivity index (χ0) is 24.7. The fourth-order valence-corrected chi connectivity index (χ4v) is 4.73. The molecule has 180 valence electrons. The molecule has 0 saturated heterocycles. The van der Waals surface area contributed by atoms with Crippen molar-refractivity contribution >= 4 is 28.2 Å². The summed E-state index contributed by atoms with van der Waals surface area (Å²) in [6, 6.07) is 13.6. The number of rotatable bonds is 10. The van der Waals surface area contributed by atoms with E-state index in [1.165, 1.54) is 11.3 Å². The van der Waals surface area contributed by atoms with Gasteiger partial charge in [0.05, 0.1) is 20.8 Å². The summed E-state index contributed by atoms with van der Waals surface area (Å²) in [6.07, 6.45) is 0. The Morgan fingerprint density at radius 1 is 1.00 bits per heavy atom. The van der Waals surface area contributed by atoms with Gasteiger partial charge in [-0.05, 0) is 44.5 Å². The van der Waals surface area contributed by atoms with Crippen LogP contribution < -0.4 is 20.1 Å². The first-order chi connectivity index (χ1) is 16.4. The van der Waals surface area contributed by atoms with Crippen LogP contribution in [0.5, 0.6) is 11.5 Å². The smallest absolute Gasteiger partial charge is 0.341 e. The Labute approximate surface area is 204 Å². The molecule has 0 bridgehead atoms. The summed E-state index contributed by atoms with van der Waals surface area (Å²) in [6.45, 7) is 6.78. The molecule has 3 N–H and O–H groups in total. The van der Waals surface area contributed by atoms with E-state index in [2.05, 4.69) is 5.32 Å². The molecular weight excluding hydrogens is 452 g/mol. The lowest BCUT2D eigenvalue weighted by Crippen LogP contribution is -2.84. The maximum absolute atomic E-state index is 12.8. The van der Waals surface area contributed by atoms with Crippen LogP contribution in [0.15, 0.2) is 42.5 Å². The molecule has 0 unspecified atom stereocenters. The zero-order valence-electron chi connectivity index (χ0n) is 20.2. The second-order valence-electron chi connectivity index (χ2n) is 7.76. The van der Waals surface area contributed by atoms with Crippen molar-refractivity contribution in [1.29, 1.82) is 0 Å². The van der Waals surface area contributed by atoms with Crippen molar-refractivity contribution < 1.29 is 29.1 Å². The minimum atomic E-state index is -0.438. The van der Waals surface area contributed by atoms with E-state index in [4.69, 9.17) is 14.2 Å². The molecule has 3 aromatic rings. The number of carbonyl (C=O) groups is 2. The molecule has 3 rings (SSSR count). The predicted molar refractivity (Wildman–Crippen MR) is 134 cm³/mol. The first-order valence-corrected chi connectivity index (χ1v) is 11.9. The van der Waals surface area contributed by atoms with E-state index in [1.807, 2.05) is 61.6 Å². The van der Waals surface area contributed by atoms with Gasteiger partial charge in [0.2, 0.25) is 0 Å². The number of thiophene rings is 1. The summed E-state index contributed by atoms with van der Waals surface area (Å²) >= 11 is 1.38. The van der Waals surface area contributed by atoms with Gasteiger partial charge in [0.1, 0.15) is 17.1 Å². The SMILES string of the molecule is CCOC(=O)c1c(NC(=O)C[NH2+]Cc2ccc(OC)c(OC)c2)sc(C)c1-c1ccc(C)cc1. The van der Waals surface area contributed by atoms with Crippen molar-refractivity contribution in [1.82, 2.24) is 0 Å². The van der Waals surface area contributed by atoms with Gasteiger partial charge in [0.25, 0.3) is 5.91 Å². The molecule has 1 amide bonds. The molecule has 0 spiro atoms. The van der Waals surface area contributed by atoms with Crippen LogP contribution in [-0.2, 0) is 16.1 Å². The normalized spacial score (nSPS) is 10.6. The summed E-state index contributed by atoms with van der Waals surface area (Å²) in [5.41, 5.74) is 4.26. The minimum absolute atomic E-state index is 0.192. The molecule has 0 aliphatic heterocycles. The van der Waals surface area contributed by atoms with Gasteiger partial charge >= 0.3 is 5.97 Å². The van der Waals surface area contributed by atoms with E-state index >= 15 is 0 Å². The van der Waals surface area contributed by atoms with Crippen LogP contribution in [-0.4, -0.2) is 39.2 Å². The van der Waals surface area contributed by atoms with Gasteiger partial charge < -0.3 is 24.8 Å². The van der Waals surface area contributed by atoms with Gasteiger partial charge in [0, 0.05) is 16.0 Å². The Balaban J connectivity index is 1.74. The zero-order valence-corrected chi connectivity index (χ0v) is 21.0. The number of carbonyl (C=O) groups excluding carboxylic acids is 2. The molecule has 0 aliphatic carbocycles. The minimum Gasteiger partial charge on any atom is -0.493 e. The van der Waals surface area contributed by atoms with Crippen LogP contribution >= 0.6 is 11.3 Å². The maximum atomic E-state index is 12.8. The third-order valence-corrected chi connectivity index (χ3v) is 6.34. The van der Waals surface area contributed by atoms with Crippen LogP contribution in [0.1, 0.15) is 33.3 Å².